The number of nitrogens with zero attached hydrogens (tertiary/aromatic N) is 4. The number of likely N-dealkylation sites (tertiary alicyclic amines) is 1. The van der Waals surface area contributed by atoms with Crippen molar-refractivity contribution >= 4 is 28.2 Å². The molecule has 43 heavy (non-hydrogen) atoms. The molecule has 1 aliphatic carbocycles. The lowest BCUT2D eigenvalue weighted by molar-refractivity contribution is -0.119. The molecule has 226 valence electrons. The molecule has 11 heteroatoms. The van der Waals surface area contributed by atoms with Crippen LogP contribution in [0.25, 0.3) is 27.8 Å². The van der Waals surface area contributed by atoms with Crippen LogP contribution in [0.1, 0.15) is 48.0 Å². The number of benzene rings is 1. The second-order valence-electron chi connectivity index (χ2n) is 12.3. The molecule has 3 aromatic heterocycles. The number of pyridine rings is 1. The largest absolute Gasteiger partial charge is 0.494 e. The predicted octanol–water partition coefficient (Wildman–Crippen LogP) is 3.85. The van der Waals surface area contributed by atoms with Crippen molar-refractivity contribution in [2.24, 2.45) is 11.7 Å². The summed E-state index contributed by atoms with van der Waals surface area (Å²) in [5.41, 5.74) is 10.8. The lowest BCUT2D eigenvalue weighted by Crippen LogP contribution is -2.50. The second-order valence-corrected chi connectivity index (χ2v) is 12.3. The van der Waals surface area contributed by atoms with Gasteiger partial charge < -0.3 is 30.0 Å². The lowest BCUT2D eigenvalue weighted by Gasteiger charge is -2.33. The van der Waals surface area contributed by atoms with E-state index in [0.29, 0.717) is 36.8 Å². The zero-order valence-electron chi connectivity index (χ0n) is 24.5. The number of para-hydroxylation sites is 1. The summed E-state index contributed by atoms with van der Waals surface area (Å²) in [5, 5.41) is 9.03. The summed E-state index contributed by atoms with van der Waals surface area (Å²) in [7, 11) is 1.57. The number of alkyl halides is 1. The number of fused-ring (bicyclic) bond motifs is 2. The molecule has 2 saturated heterocycles. The van der Waals surface area contributed by atoms with E-state index in [1.54, 1.807) is 23.9 Å². The number of amides is 2. The maximum absolute atomic E-state index is 14.2. The second kappa shape index (κ2) is 10.9. The van der Waals surface area contributed by atoms with Gasteiger partial charge in [-0.3, -0.25) is 9.59 Å². The third-order valence-corrected chi connectivity index (χ3v) is 8.90. The Morgan fingerprint density at radius 1 is 1.16 bits per heavy atom. The number of hydrogen-bond donors (Lipinski definition) is 2. The van der Waals surface area contributed by atoms with E-state index < -0.39 is 12.2 Å². The van der Waals surface area contributed by atoms with Gasteiger partial charge in [-0.15, -0.1) is 0 Å². The smallest absolute Gasteiger partial charge is 0.255 e. The van der Waals surface area contributed by atoms with Crippen LogP contribution in [0.15, 0.2) is 36.5 Å². The maximum Gasteiger partial charge on any atom is 0.255 e. The minimum atomic E-state index is -1.14. The average Bonchev–Trinajstić information content (AvgIpc) is 3.45. The molecule has 0 spiro atoms. The summed E-state index contributed by atoms with van der Waals surface area (Å²) in [6.45, 7) is 3.60. The molecule has 4 aromatic rings. The summed E-state index contributed by atoms with van der Waals surface area (Å²) in [5.74, 6) is 1.66. The molecule has 1 aromatic carbocycles. The number of piperidine rings is 1. The van der Waals surface area contributed by atoms with Gasteiger partial charge in [0.05, 0.1) is 36.5 Å². The number of nitrogens with two attached hydrogens (primary N) is 1. The number of hydrogen-bond acceptors (Lipinski definition) is 6. The van der Waals surface area contributed by atoms with Crippen LogP contribution in [-0.4, -0.2) is 76.0 Å². The topological polar surface area (TPSA) is 116 Å². The van der Waals surface area contributed by atoms with Crippen LogP contribution in [0.2, 0.25) is 0 Å². The number of methoxy groups -OCH3 is 1. The third-order valence-electron chi connectivity index (χ3n) is 8.90. The number of aromatic nitrogens is 3. The Bertz CT molecular complexity index is 1720. The SMILES string of the molecule is COc1cc(C(=O)N2C[C@H](N)C[C@@H](F)C2)cn2nc(-c3cc4cccc(OC[C@@H]5CCC(=O)N5)c4n3CC3CC3)c(C)c12. The van der Waals surface area contributed by atoms with Crippen LogP contribution < -0.4 is 20.5 Å². The molecule has 0 bridgehead atoms. The molecule has 3 atom stereocenters. The van der Waals surface area contributed by atoms with Gasteiger partial charge in [0.2, 0.25) is 5.91 Å². The molecule has 10 nitrogen and oxygen atoms in total. The maximum atomic E-state index is 14.2. The van der Waals surface area contributed by atoms with Gasteiger partial charge >= 0.3 is 0 Å². The number of carbonyl (C=O) groups excluding carboxylic acids is 2. The first-order valence-electron chi connectivity index (χ1n) is 15.1. The molecule has 2 amide bonds. The van der Waals surface area contributed by atoms with Crippen molar-refractivity contribution in [3.05, 3.63) is 47.7 Å². The van der Waals surface area contributed by atoms with Crippen molar-refractivity contribution in [1.29, 1.82) is 0 Å². The van der Waals surface area contributed by atoms with Crippen LogP contribution in [0.3, 0.4) is 0 Å². The molecule has 1 saturated carbocycles. The quantitative estimate of drug-likeness (QED) is 0.323. The van der Waals surface area contributed by atoms with Crippen LogP contribution in [0.4, 0.5) is 4.39 Å². The Morgan fingerprint density at radius 3 is 2.72 bits per heavy atom. The van der Waals surface area contributed by atoms with Gasteiger partial charge in [0, 0.05) is 42.7 Å². The van der Waals surface area contributed by atoms with E-state index in [-0.39, 0.29) is 30.8 Å². The number of halogens is 1. The zero-order chi connectivity index (χ0) is 29.8. The van der Waals surface area contributed by atoms with E-state index in [0.717, 1.165) is 52.1 Å². The van der Waals surface area contributed by atoms with Gasteiger partial charge in [0.15, 0.2) is 0 Å². The van der Waals surface area contributed by atoms with Crippen molar-refractivity contribution in [2.45, 2.75) is 63.8 Å². The summed E-state index contributed by atoms with van der Waals surface area (Å²) in [4.78, 5) is 26.6. The Kier molecular flexibility index (Phi) is 6.99. The van der Waals surface area contributed by atoms with Crippen LogP contribution >= 0.6 is 0 Å². The fourth-order valence-corrected chi connectivity index (χ4v) is 6.57. The van der Waals surface area contributed by atoms with Gasteiger partial charge in [0.1, 0.15) is 35.5 Å². The van der Waals surface area contributed by atoms with Gasteiger partial charge in [-0.1, -0.05) is 12.1 Å². The van der Waals surface area contributed by atoms with E-state index in [9.17, 15) is 14.0 Å². The Labute approximate surface area is 248 Å². The van der Waals surface area contributed by atoms with Gasteiger partial charge in [0.25, 0.3) is 5.91 Å². The van der Waals surface area contributed by atoms with Crippen molar-refractivity contribution < 1.29 is 23.5 Å². The van der Waals surface area contributed by atoms with E-state index in [2.05, 4.69) is 22.0 Å². The summed E-state index contributed by atoms with van der Waals surface area (Å²) >= 11 is 0. The molecule has 2 aliphatic heterocycles. The predicted molar refractivity (Wildman–Crippen MR) is 160 cm³/mol. The normalized spacial score (nSPS) is 22.4. The van der Waals surface area contributed by atoms with E-state index >= 15 is 0 Å². The number of nitrogens with one attached hydrogen (secondary N) is 1. The number of aryl methyl sites for hydroxylation is 1. The molecular formula is C32H37FN6O4. The minimum Gasteiger partial charge on any atom is -0.494 e. The highest BCUT2D eigenvalue weighted by molar-refractivity contribution is 5.96. The Hall–Kier alpha value is -4.12. The highest BCUT2D eigenvalue weighted by atomic mass is 19.1. The molecule has 5 heterocycles. The van der Waals surface area contributed by atoms with Crippen molar-refractivity contribution in [3.63, 3.8) is 0 Å². The molecule has 7 rings (SSSR count). The van der Waals surface area contributed by atoms with Crippen molar-refractivity contribution in [1.82, 2.24) is 24.4 Å². The van der Waals surface area contributed by atoms with E-state index in [4.69, 9.17) is 20.3 Å². The van der Waals surface area contributed by atoms with Crippen molar-refractivity contribution in [2.75, 3.05) is 26.8 Å². The molecule has 0 unspecified atom stereocenters. The number of rotatable bonds is 8. The summed E-state index contributed by atoms with van der Waals surface area (Å²) < 4.78 is 30.3. The van der Waals surface area contributed by atoms with E-state index in [1.165, 1.54) is 17.7 Å². The molecule has 3 aliphatic rings. The average molecular weight is 589 g/mol. The summed E-state index contributed by atoms with van der Waals surface area (Å²) in [6.07, 6.45) is 4.48. The van der Waals surface area contributed by atoms with Gasteiger partial charge in [-0.2, -0.15) is 5.10 Å². The molecule has 3 fully saturated rings. The number of carbonyl (C=O) groups is 2. The monoisotopic (exact) mass is 588 g/mol. The van der Waals surface area contributed by atoms with Crippen LogP contribution in [0.5, 0.6) is 11.5 Å². The third kappa shape index (κ3) is 5.20. The van der Waals surface area contributed by atoms with Crippen LogP contribution in [0, 0.1) is 12.8 Å². The fourth-order valence-electron chi connectivity index (χ4n) is 6.57. The Morgan fingerprint density at radius 2 is 2.00 bits per heavy atom. The first kappa shape index (κ1) is 27.7. The highest BCUT2D eigenvalue weighted by Gasteiger charge is 2.31. The fraction of sp³-hybridized carbons (Fsp3) is 0.469. The zero-order valence-corrected chi connectivity index (χ0v) is 24.5. The lowest BCUT2D eigenvalue weighted by atomic mass is 10.0. The Balaban J connectivity index is 1.29. The summed E-state index contributed by atoms with van der Waals surface area (Å²) in [6, 6.07) is 9.52. The first-order valence-corrected chi connectivity index (χ1v) is 15.1. The van der Waals surface area contributed by atoms with Gasteiger partial charge in [-0.25, -0.2) is 8.91 Å². The highest BCUT2D eigenvalue weighted by Crippen LogP contribution is 2.41. The number of ether oxygens (including phenoxy) is 2. The minimum absolute atomic E-state index is 0.00981. The van der Waals surface area contributed by atoms with E-state index in [1.807, 2.05) is 19.1 Å². The molecule has 3 N–H and O–H groups in total. The van der Waals surface area contributed by atoms with Crippen molar-refractivity contribution in [3.8, 4) is 22.9 Å². The first-order chi connectivity index (χ1) is 20.8. The standard InChI is InChI=1S/C32H37FN6O4/c1-18-29(36-39-14-21(11-27(42-2)30(18)39)32(41)37-15-22(33)12-23(34)16-37)25-10-20-4-3-5-26(31(20)38(25)13-19-6-7-19)43-17-24-8-9-28(40)35-24/h3-5,10-11,14,19,22-24H,6-9,12-13,15-17,34H2,1-2H3,(H,35,40)/t22-,23-,24+/m1/s1. The van der Waals surface area contributed by atoms with Crippen LogP contribution in [-0.2, 0) is 11.3 Å². The van der Waals surface area contributed by atoms with Gasteiger partial charge in [-0.05, 0) is 56.7 Å². The molecule has 0 radical (unpaired) electrons. The molecular weight excluding hydrogens is 551 g/mol.